The first kappa shape index (κ1) is 31.3. The molecule has 0 spiro atoms. The van der Waals surface area contributed by atoms with E-state index >= 15 is 0 Å². The van der Waals surface area contributed by atoms with E-state index in [2.05, 4.69) is 22.4 Å². The van der Waals surface area contributed by atoms with Gasteiger partial charge in [0.05, 0.1) is 30.5 Å². The minimum atomic E-state index is -1.27. The molecule has 202 valence electrons. The van der Waals surface area contributed by atoms with Crippen molar-refractivity contribution in [3.63, 3.8) is 0 Å². The fraction of sp³-hybridized carbons (Fsp3) is 0.478. The number of hydrogen-bond donors (Lipinski definition) is 5. The second kappa shape index (κ2) is 16.1. The van der Waals surface area contributed by atoms with Crippen LogP contribution in [0.4, 0.5) is 5.69 Å². The number of carboxylic acid groups (broad SMARTS) is 5. The molecule has 1 aromatic rings. The minimum absolute atomic E-state index is 0.00430. The average Bonchev–Trinajstić information content (AvgIpc) is 2.76. The maximum atomic E-state index is 11.5. The lowest BCUT2D eigenvalue weighted by atomic mass is 9.97. The third kappa shape index (κ3) is 13.8. The Labute approximate surface area is 217 Å². The summed E-state index contributed by atoms with van der Waals surface area (Å²) in [7, 11) is 0. The normalized spacial score (nSPS) is 11.8. The molecule has 0 aliphatic heterocycles. The summed E-state index contributed by atoms with van der Waals surface area (Å²) in [6.45, 7) is -1.80. The van der Waals surface area contributed by atoms with E-state index in [9.17, 15) is 39.3 Å². The molecule has 0 fully saturated rings. The lowest BCUT2D eigenvalue weighted by molar-refractivity contribution is -0.144. The molecule has 13 nitrogen and oxygen atoms in total. The van der Waals surface area contributed by atoms with Crippen molar-refractivity contribution < 1.29 is 49.5 Å². The van der Waals surface area contributed by atoms with Gasteiger partial charge in [0.2, 0.25) is 0 Å². The lowest BCUT2D eigenvalue weighted by Gasteiger charge is -2.34. The molecule has 14 heteroatoms. The van der Waals surface area contributed by atoms with E-state index in [1.165, 1.54) is 9.80 Å². The third-order valence-corrected chi connectivity index (χ3v) is 5.47. The van der Waals surface area contributed by atoms with Crippen molar-refractivity contribution in [3.05, 3.63) is 29.8 Å². The van der Waals surface area contributed by atoms with Crippen molar-refractivity contribution in [3.8, 4) is 0 Å². The zero-order valence-corrected chi connectivity index (χ0v) is 20.7. The van der Waals surface area contributed by atoms with Gasteiger partial charge in [-0.2, -0.15) is 4.99 Å². The monoisotopic (exact) mass is 539 g/mol. The first-order valence-corrected chi connectivity index (χ1v) is 11.5. The summed E-state index contributed by atoms with van der Waals surface area (Å²) in [5.74, 6) is -6.89. The molecular formula is C23H29N3O10S. The number of carboxylic acids is 5. The molecule has 1 atom stereocenters. The van der Waals surface area contributed by atoms with Gasteiger partial charge in [0.25, 0.3) is 0 Å². The Morgan fingerprint density at radius 2 is 1.32 bits per heavy atom. The number of carbonyl (C=O) groups is 5. The highest BCUT2D eigenvalue weighted by Gasteiger charge is 2.27. The Kier molecular flexibility index (Phi) is 13.6. The summed E-state index contributed by atoms with van der Waals surface area (Å²) >= 11 is 4.57. The molecule has 0 radical (unpaired) electrons. The van der Waals surface area contributed by atoms with E-state index in [1.807, 2.05) is 0 Å². The standard InChI is InChI=1S/C23H29N3O10S/c27-19(28)8-16(9-20(29)30)5-6-25(11-21(31)32)10-18(26(12-22(33)34)13-23(35)36)7-15-1-3-17(4-2-15)24-14-37/h1-4,16,18H,5-13H2,(H,27,28)(H,29,30)(H,31,32)(H,33,34)(H,35,36). The van der Waals surface area contributed by atoms with Crippen LogP contribution in [-0.2, 0) is 30.4 Å². The van der Waals surface area contributed by atoms with Crippen LogP contribution < -0.4 is 0 Å². The Bertz CT molecular complexity index is 979. The van der Waals surface area contributed by atoms with Crippen molar-refractivity contribution in [1.29, 1.82) is 0 Å². The van der Waals surface area contributed by atoms with Crippen LogP contribution in [0.5, 0.6) is 0 Å². The molecule has 5 N–H and O–H groups in total. The summed E-state index contributed by atoms with van der Waals surface area (Å²) in [6, 6.07) is 5.90. The van der Waals surface area contributed by atoms with E-state index in [1.54, 1.807) is 24.3 Å². The lowest BCUT2D eigenvalue weighted by Crippen LogP contribution is -2.50. The van der Waals surface area contributed by atoms with Crippen LogP contribution in [-0.4, -0.2) is 109 Å². The molecule has 0 saturated carbocycles. The predicted octanol–water partition coefficient (Wildman–Crippen LogP) is 1.15. The summed E-state index contributed by atoms with van der Waals surface area (Å²) in [5, 5.41) is 48.5. The van der Waals surface area contributed by atoms with Gasteiger partial charge in [-0.25, -0.2) is 0 Å². The molecule has 1 aromatic carbocycles. The van der Waals surface area contributed by atoms with Gasteiger partial charge in [-0.1, -0.05) is 12.1 Å². The first-order chi connectivity index (χ1) is 17.4. The van der Waals surface area contributed by atoms with E-state index < -0.39 is 74.3 Å². The van der Waals surface area contributed by atoms with E-state index in [4.69, 9.17) is 10.2 Å². The Morgan fingerprint density at radius 3 is 1.76 bits per heavy atom. The van der Waals surface area contributed by atoms with E-state index in [0.717, 1.165) is 0 Å². The molecule has 1 rings (SSSR count). The summed E-state index contributed by atoms with van der Waals surface area (Å²) in [5.41, 5.74) is 1.22. The Morgan fingerprint density at radius 1 is 0.811 bits per heavy atom. The van der Waals surface area contributed by atoms with Gasteiger partial charge in [0, 0.05) is 25.4 Å². The number of hydrogen-bond acceptors (Lipinski definition) is 9. The molecule has 0 bridgehead atoms. The quantitative estimate of drug-likeness (QED) is 0.124. The SMILES string of the molecule is O=C(O)CC(CCN(CC(=O)O)CC(Cc1ccc(N=C=S)cc1)N(CC(=O)O)CC(=O)O)CC(=O)O. The second-order valence-corrected chi connectivity index (χ2v) is 8.58. The van der Waals surface area contributed by atoms with Crippen LogP contribution in [0, 0.1) is 5.92 Å². The highest BCUT2D eigenvalue weighted by atomic mass is 32.1. The largest absolute Gasteiger partial charge is 0.481 e. The van der Waals surface area contributed by atoms with Crippen molar-refractivity contribution in [2.75, 3.05) is 32.7 Å². The zero-order valence-electron chi connectivity index (χ0n) is 19.9. The number of thiocarbonyl (C=S) groups is 1. The fourth-order valence-corrected chi connectivity index (χ4v) is 3.97. The molecule has 37 heavy (non-hydrogen) atoms. The van der Waals surface area contributed by atoms with Crippen molar-refractivity contribution >= 4 is 52.9 Å². The van der Waals surface area contributed by atoms with Gasteiger partial charge in [-0.05, 0) is 55.2 Å². The van der Waals surface area contributed by atoms with Crippen molar-refractivity contribution in [1.82, 2.24) is 9.80 Å². The van der Waals surface area contributed by atoms with E-state index in [-0.39, 0.29) is 25.9 Å². The fourth-order valence-electron chi connectivity index (χ4n) is 3.86. The predicted molar refractivity (Wildman–Crippen MR) is 132 cm³/mol. The van der Waals surface area contributed by atoms with Gasteiger partial charge in [0.15, 0.2) is 0 Å². The summed E-state index contributed by atoms with van der Waals surface area (Å²) < 4.78 is 0. The molecular weight excluding hydrogens is 510 g/mol. The molecule has 0 amide bonds. The number of aliphatic imine (C=N–C) groups is 1. The molecule has 0 aliphatic rings. The Balaban J connectivity index is 3.24. The topological polar surface area (TPSA) is 205 Å². The van der Waals surface area contributed by atoms with Crippen LogP contribution in [0.1, 0.15) is 24.8 Å². The zero-order chi connectivity index (χ0) is 28.0. The third-order valence-electron chi connectivity index (χ3n) is 5.38. The number of rotatable bonds is 19. The first-order valence-electron chi connectivity index (χ1n) is 11.1. The van der Waals surface area contributed by atoms with Crippen LogP contribution in [0.25, 0.3) is 0 Å². The van der Waals surface area contributed by atoms with Crippen molar-refractivity contribution in [2.24, 2.45) is 10.9 Å². The maximum absolute atomic E-state index is 11.5. The van der Waals surface area contributed by atoms with Crippen LogP contribution in [0.3, 0.4) is 0 Å². The number of isothiocyanates is 1. The van der Waals surface area contributed by atoms with Gasteiger partial charge >= 0.3 is 29.8 Å². The van der Waals surface area contributed by atoms with Gasteiger partial charge in [-0.3, -0.25) is 33.8 Å². The van der Waals surface area contributed by atoms with Crippen LogP contribution >= 0.6 is 12.2 Å². The van der Waals surface area contributed by atoms with Crippen molar-refractivity contribution in [2.45, 2.75) is 31.7 Å². The molecule has 0 heterocycles. The average molecular weight is 540 g/mol. The van der Waals surface area contributed by atoms with Gasteiger partial charge in [0.1, 0.15) is 0 Å². The highest BCUT2D eigenvalue weighted by Crippen LogP contribution is 2.18. The number of aliphatic carboxylic acids is 5. The highest BCUT2D eigenvalue weighted by molar-refractivity contribution is 7.78. The molecule has 1 unspecified atom stereocenters. The molecule has 0 saturated heterocycles. The van der Waals surface area contributed by atoms with E-state index in [0.29, 0.717) is 11.3 Å². The van der Waals surface area contributed by atoms with Gasteiger partial charge < -0.3 is 25.5 Å². The summed E-state index contributed by atoms with van der Waals surface area (Å²) in [4.78, 5) is 63.2. The second-order valence-electron chi connectivity index (χ2n) is 8.40. The minimum Gasteiger partial charge on any atom is -0.481 e. The van der Waals surface area contributed by atoms with Crippen LogP contribution in [0.2, 0.25) is 0 Å². The summed E-state index contributed by atoms with van der Waals surface area (Å²) in [6.07, 6.45) is -0.624. The maximum Gasteiger partial charge on any atom is 0.317 e. The smallest absolute Gasteiger partial charge is 0.317 e. The Hall–Kier alpha value is -3.71. The number of nitrogens with zero attached hydrogens (tertiary/aromatic N) is 3. The molecule has 0 aliphatic carbocycles. The number of benzene rings is 1. The molecule has 0 aromatic heterocycles. The van der Waals surface area contributed by atoms with Gasteiger partial charge in [-0.15, -0.1) is 0 Å². The van der Waals surface area contributed by atoms with Crippen LogP contribution in [0.15, 0.2) is 29.3 Å².